The monoisotopic (exact) mass is 434 g/mol. The lowest BCUT2D eigenvalue weighted by Crippen LogP contribution is -2.44. The van der Waals surface area contributed by atoms with E-state index in [9.17, 15) is 0 Å². The molecule has 0 amide bonds. The minimum Gasteiger partial charge on any atom is -0.369 e. The van der Waals surface area contributed by atoms with Crippen LogP contribution >= 0.6 is 0 Å². The smallest absolute Gasteiger partial charge is 0.140 e. The molecule has 1 aliphatic rings. The lowest BCUT2D eigenvalue weighted by Gasteiger charge is -2.34. The predicted molar refractivity (Wildman–Crippen MR) is 136 cm³/mol. The zero-order valence-electron chi connectivity index (χ0n) is 18.6. The van der Waals surface area contributed by atoms with Crippen molar-refractivity contribution in [3.63, 3.8) is 0 Å². The molecule has 164 valence electrons. The molecule has 2 aromatic carbocycles. The van der Waals surface area contributed by atoms with Gasteiger partial charge >= 0.3 is 0 Å². The Bertz CT molecular complexity index is 1430. The van der Waals surface area contributed by atoms with Gasteiger partial charge in [0, 0.05) is 66.3 Å². The number of nitrogens with zero attached hydrogens (tertiary/aromatic N) is 4. The molecule has 0 saturated carbocycles. The van der Waals surface area contributed by atoms with E-state index in [-0.39, 0.29) is 0 Å². The number of H-pyrrole nitrogens is 1. The molecule has 0 radical (unpaired) electrons. The molecule has 1 fully saturated rings. The Morgan fingerprint density at radius 3 is 2.73 bits per heavy atom. The van der Waals surface area contributed by atoms with Gasteiger partial charge in [-0.2, -0.15) is 0 Å². The van der Waals surface area contributed by atoms with Crippen molar-refractivity contribution in [3.05, 3.63) is 79.1 Å². The second-order valence-electron chi connectivity index (χ2n) is 8.67. The summed E-state index contributed by atoms with van der Waals surface area (Å²) in [5, 5.41) is 5.72. The number of hydrogen-bond acceptors (Lipinski definition) is 5. The van der Waals surface area contributed by atoms with Gasteiger partial charge in [0.25, 0.3) is 0 Å². The molecule has 33 heavy (non-hydrogen) atoms. The highest BCUT2D eigenvalue weighted by molar-refractivity contribution is 5.97. The quantitative estimate of drug-likeness (QED) is 0.403. The van der Waals surface area contributed by atoms with Crippen LogP contribution in [0.5, 0.6) is 0 Å². The van der Waals surface area contributed by atoms with E-state index in [1.807, 2.05) is 24.5 Å². The zero-order valence-corrected chi connectivity index (χ0v) is 18.6. The number of pyridine rings is 2. The Morgan fingerprint density at radius 1 is 0.909 bits per heavy atom. The van der Waals surface area contributed by atoms with Crippen molar-refractivity contribution in [2.45, 2.75) is 0 Å². The summed E-state index contributed by atoms with van der Waals surface area (Å²) >= 11 is 0. The van der Waals surface area contributed by atoms with Crippen LogP contribution in [-0.4, -0.2) is 53.1 Å². The fourth-order valence-corrected chi connectivity index (χ4v) is 4.55. The van der Waals surface area contributed by atoms with Crippen LogP contribution in [0.1, 0.15) is 0 Å². The standard InChI is InChI=1S/C27H26N6/c1-32-12-14-33(15-13-32)22-6-2-5-21(17-22)30-26-10-8-23-24(18-29-27(23)31-26)19-7-9-25-20(16-19)4-3-11-28-25/h2-11,16-18H,12-15H2,1H3,(H2,29,30,31). The SMILES string of the molecule is CN1CCN(c2cccc(Nc3ccc4c(-c5ccc6ncccc6c5)c[nH]c4n3)c2)CC1. The number of aromatic nitrogens is 3. The maximum atomic E-state index is 4.83. The van der Waals surface area contributed by atoms with Crippen molar-refractivity contribution >= 4 is 39.1 Å². The fraction of sp³-hybridized carbons (Fsp3) is 0.185. The Labute approximate surface area is 192 Å². The van der Waals surface area contributed by atoms with Gasteiger partial charge in [0.05, 0.1) is 5.52 Å². The van der Waals surface area contributed by atoms with Gasteiger partial charge in [0.2, 0.25) is 0 Å². The summed E-state index contributed by atoms with van der Waals surface area (Å²) in [6.45, 7) is 4.30. The minimum atomic E-state index is 0.828. The van der Waals surface area contributed by atoms with Crippen molar-refractivity contribution in [3.8, 4) is 11.1 Å². The topological polar surface area (TPSA) is 60.1 Å². The number of piperazine rings is 1. The van der Waals surface area contributed by atoms with E-state index in [1.165, 1.54) is 5.69 Å². The van der Waals surface area contributed by atoms with Crippen LogP contribution in [0.25, 0.3) is 33.1 Å². The summed E-state index contributed by atoms with van der Waals surface area (Å²) in [6.07, 6.45) is 3.86. The van der Waals surface area contributed by atoms with Crippen LogP contribution in [0.15, 0.2) is 79.1 Å². The third-order valence-corrected chi connectivity index (χ3v) is 6.44. The van der Waals surface area contributed by atoms with Gasteiger partial charge in [-0.25, -0.2) is 4.98 Å². The van der Waals surface area contributed by atoms with Gasteiger partial charge in [-0.3, -0.25) is 4.98 Å². The summed E-state index contributed by atoms with van der Waals surface area (Å²) in [5.74, 6) is 0.828. The van der Waals surface area contributed by atoms with Crippen LogP contribution in [0, 0.1) is 0 Å². The number of benzene rings is 2. The van der Waals surface area contributed by atoms with Gasteiger partial charge < -0.3 is 20.1 Å². The minimum absolute atomic E-state index is 0.828. The van der Waals surface area contributed by atoms with E-state index in [1.54, 1.807) is 0 Å². The van der Waals surface area contributed by atoms with Crippen molar-refractivity contribution in [1.29, 1.82) is 0 Å². The first-order chi connectivity index (χ1) is 16.2. The van der Waals surface area contributed by atoms with E-state index < -0.39 is 0 Å². The highest BCUT2D eigenvalue weighted by Gasteiger charge is 2.15. The number of aromatic amines is 1. The molecule has 1 saturated heterocycles. The zero-order chi connectivity index (χ0) is 22.2. The largest absolute Gasteiger partial charge is 0.369 e. The average Bonchev–Trinajstić information content (AvgIpc) is 3.28. The Hall–Kier alpha value is -3.90. The molecule has 5 aromatic rings. The molecular weight excluding hydrogens is 408 g/mol. The summed E-state index contributed by atoms with van der Waals surface area (Å²) in [5.41, 5.74) is 6.48. The van der Waals surface area contributed by atoms with Crippen molar-refractivity contribution in [2.75, 3.05) is 43.4 Å². The molecule has 1 aliphatic heterocycles. The molecule has 0 unspecified atom stereocenters. The van der Waals surface area contributed by atoms with Crippen LogP contribution in [0.2, 0.25) is 0 Å². The van der Waals surface area contributed by atoms with Crippen LogP contribution in [-0.2, 0) is 0 Å². The summed E-state index contributed by atoms with van der Waals surface area (Å²) in [6, 6.07) is 23.2. The average molecular weight is 435 g/mol. The second-order valence-corrected chi connectivity index (χ2v) is 8.67. The van der Waals surface area contributed by atoms with E-state index >= 15 is 0 Å². The number of nitrogens with one attached hydrogen (secondary N) is 2. The third-order valence-electron chi connectivity index (χ3n) is 6.44. The van der Waals surface area contributed by atoms with E-state index in [2.05, 4.69) is 86.7 Å². The molecule has 0 atom stereocenters. The van der Waals surface area contributed by atoms with Gasteiger partial charge in [-0.1, -0.05) is 18.2 Å². The van der Waals surface area contributed by atoms with Crippen LogP contribution < -0.4 is 10.2 Å². The number of anilines is 3. The lowest BCUT2D eigenvalue weighted by molar-refractivity contribution is 0.313. The van der Waals surface area contributed by atoms with Gasteiger partial charge in [-0.05, 0) is 61.1 Å². The molecule has 0 bridgehead atoms. The van der Waals surface area contributed by atoms with Crippen molar-refractivity contribution < 1.29 is 0 Å². The molecule has 2 N–H and O–H groups in total. The molecule has 6 heteroatoms. The highest BCUT2D eigenvalue weighted by Crippen LogP contribution is 2.31. The second kappa shape index (κ2) is 8.22. The number of rotatable bonds is 4. The van der Waals surface area contributed by atoms with E-state index in [4.69, 9.17) is 4.98 Å². The van der Waals surface area contributed by atoms with E-state index in [0.717, 1.165) is 70.7 Å². The van der Waals surface area contributed by atoms with Gasteiger partial charge in [-0.15, -0.1) is 0 Å². The van der Waals surface area contributed by atoms with Gasteiger partial charge in [0.15, 0.2) is 0 Å². The van der Waals surface area contributed by atoms with Crippen molar-refractivity contribution in [2.24, 2.45) is 0 Å². The maximum absolute atomic E-state index is 4.83. The summed E-state index contributed by atoms with van der Waals surface area (Å²) in [4.78, 5) is 17.4. The van der Waals surface area contributed by atoms with Gasteiger partial charge in [0.1, 0.15) is 11.5 Å². The maximum Gasteiger partial charge on any atom is 0.140 e. The number of likely N-dealkylation sites (N-methyl/N-ethyl adjacent to an activating group) is 1. The number of hydrogen-bond donors (Lipinski definition) is 2. The fourth-order valence-electron chi connectivity index (χ4n) is 4.55. The first kappa shape index (κ1) is 19.8. The molecule has 4 heterocycles. The third kappa shape index (κ3) is 3.90. The molecule has 0 spiro atoms. The lowest BCUT2D eigenvalue weighted by atomic mass is 10.0. The molecule has 3 aromatic heterocycles. The van der Waals surface area contributed by atoms with Crippen molar-refractivity contribution in [1.82, 2.24) is 19.9 Å². The number of fused-ring (bicyclic) bond motifs is 2. The Balaban J connectivity index is 1.26. The Kier molecular flexibility index (Phi) is 4.92. The molecule has 6 rings (SSSR count). The molecular formula is C27H26N6. The van der Waals surface area contributed by atoms with E-state index in [0.29, 0.717) is 0 Å². The summed E-state index contributed by atoms with van der Waals surface area (Å²) in [7, 11) is 2.18. The normalized spacial score (nSPS) is 14.8. The van der Waals surface area contributed by atoms with Crippen LogP contribution in [0.3, 0.4) is 0 Å². The first-order valence-corrected chi connectivity index (χ1v) is 11.4. The first-order valence-electron chi connectivity index (χ1n) is 11.4. The molecule has 0 aliphatic carbocycles. The molecule has 6 nitrogen and oxygen atoms in total. The highest BCUT2D eigenvalue weighted by atomic mass is 15.2. The predicted octanol–water partition coefficient (Wildman–Crippen LogP) is 5.27. The Morgan fingerprint density at radius 2 is 1.82 bits per heavy atom. The van der Waals surface area contributed by atoms with Crippen LogP contribution in [0.4, 0.5) is 17.2 Å². The summed E-state index contributed by atoms with van der Waals surface area (Å²) < 4.78 is 0.